The topological polar surface area (TPSA) is 49.6 Å². The second kappa shape index (κ2) is 3.53. The first kappa shape index (κ1) is 9.66. The average molecular weight is 175 g/mol. The molecule has 0 bridgehead atoms. The van der Waals surface area contributed by atoms with E-state index in [1.54, 1.807) is 18.6 Å². The minimum Gasteiger partial charge on any atom is -0.261 e. The molecule has 0 spiro atoms. The first-order valence-electron chi connectivity index (χ1n) is 4.21. The van der Waals surface area contributed by atoms with Gasteiger partial charge in [-0.2, -0.15) is 5.26 Å². The molecule has 1 atom stereocenters. The van der Waals surface area contributed by atoms with Gasteiger partial charge in [-0.25, -0.2) is 0 Å². The Kier molecular flexibility index (Phi) is 2.62. The van der Waals surface area contributed by atoms with Gasteiger partial charge in [0.1, 0.15) is 0 Å². The summed E-state index contributed by atoms with van der Waals surface area (Å²) in [5, 5.41) is 9.00. The summed E-state index contributed by atoms with van der Waals surface area (Å²) in [6.45, 7) is 6.07. The molecule has 0 aromatic carbocycles. The molecule has 0 aliphatic carbocycles. The van der Waals surface area contributed by atoms with Gasteiger partial charge in [0.2, 0.25) is 0 Å². The van der Waals surface area contributed by atoms with E-state index < -0.39 is 0 Å². The van der Waals surface area contributed by atoms with Crippen LogP contribution >= 0.6 is 0 Å². The normalized spacial score (nSPS) is 13.4. The number of nitrogens with zero attached hydrogens (tertiary/aromatic N) is 3. The quantitative estimate of drug-likeness (QED) is 0.657. The fourth-order valence-electron chi connectivity index (χ4n) is 1.16. The third-order valence-corrected chi connectivity index (χ3v) is 1.87. The second-order valence-corrected chi connectivity index (χ2v) is 4.06. The third-order valence-electron chi connectivity index (χ3n) is 1.87. The van der Waals surface area contributed by atoms with E-state index in [0.717, 1.165) is 5.69 Å². The summed E-state index contributed by atoms with van der Waals surface area (Å²) in [4.78, 5) is 8.08. The molecule has 0 fully saturated rings. The lowest BCUT2D eigenvalue weighted by atomic mass is 9.80. The molecule has 0 aliphatic heterocycles. The van der Waals surface area contributed by atoms with Crippen molar-refractivity contribution < 1.29 is 0 Å². The molecule has 0 radical (unpaired) electrons. The first-order chi connectivity index (χ1) is 6.05. The van der Waals surface area contributed by atoms with Crippen molar-refractivity contribution in [1.29, 1.82) is 5.26 Å². The molecule has 0 saturated heterocycles. The second-order valence-electron chi connectivity index (χ2n) is 4.06. The molecule has 0 N–H and O–H groups in total. The summed E-state index contributed by atoms with van der Waals surface area (Å²) >= 11 is 0. The van der Waals surface area contributed by atoms with Crippen LogP contribution in [0.15, 0.2) is 18.6 Å². The third kappa shape index (κ3) is 2.25. The van der Waals surface area contributed by atoms with Gasteiger partial charge in [-0.15, -0.1) is 0 Å². The van der Waals surface area contributed by atoms with Crippen LogP contribution in [-0.4, -0.2) is 9.97 Å². The average Bonchev–Trinajstić information content (AvgIpc) is 2.05. The van der Waals surface area contributed by atoms with Crippen LogP contribution in [-0.2, 0) is 0 Å². The van der Waals surface area contributed by atoms with Gasteiger partial charge in [-0.3, -0.25) is 9.97 Å². The van der Waals surface area contributed by atoms with Crippen molar-refractivity contribution in [2.24, 2.45) is 5.41 Å². The Morgan fingerprint density at radius 3 is 2.46 bits per heavy atom. The van der Waals surface area contributed by atoms with Crippen molar-refractivity contribution in [2.75, 3.05) is 0 Å². The van der Waals surface area contributed by atoms with Crippen LogP contribution in [0.3, 0.4) is 0 Å². The number of hydrogen-bond donors (Lipinski definition) is 0. The Labute approximate surface area is 78.5 Å². The van der Waals surface area contributed by atoms with E-state index in [9.17, 15) is 0 Å². The van der Waals surface area contributed by atoms with Gasteiger partial charge in [0.15, 0.2) is 0 Å². The maximum atomic E-state index is 9.00. The highest BCUT2D eigenvalue weighted by Gasteiger charge is 2.27. The van der Waals surface area contributed by atoms with Crippen LogP contribution in [0.25, 0.3) is 0 Å². The van der Waals surface area contributed by atoms with Crippen molar-refractivity contribution >= 4 is 0 Å². The maximum Gasteiger partial charge on any atom is 0.0948 e. The van der Waals surface area contributed by atoms with Gasteiger partial charge in [0, 0.05) is 18.6 Å². The largest absolute Gasteiger partial charge is 0.261 e. The molecular weight excluding hydrogens is 162 g/mol. The van der Waals surface area contributed by atoms with E-state index in [0.29, 0.717) is 0 Å². The monoisotopic (exact) mass is 175 g/mol. The molecule has 1 heterocycles. The minimum absolute atomic E-state index is 0.0925. The van der Waals surface area contributed by atoms with E-state index in [2.05, 4.69) is 16.0 Å². The lowest BCUT2D eigenvalue weighted by Gasteiger charge is -2.23. The number of nitriles is 1. The predicted molar refractivity (Wildman–Crippen MR) is 49.8 cm³/mol. The van der Waals surface area contributed by atoms with Crippen molar-refractivity contribution in [3.05, 3.63) is 24.3 Å². The van der Waals surface area contributed by atoms with Crippen LogP contribution in [0.2, 0.25) is 0 Å². The van der Waals surface area contributed by atoms with Crippen molar-refractivity contribution in [3.63, 3.8) is 0 Å². The zero-order valence-corrected chi connectivity index (χ0v) is 8.15. The Hall–Kier alpha value is -1.43. The van der Waals surface area contributed by atoms with Crippen LogP contribution in [0.1, 0.15) is 32.4 Å². The molecule has 0 amide bonds. The molecule has 1 aromatic rings. The smallest absolute Gasteiger partial charge is 0.0948 e. The van der Waals surface area contributed by atoms with Crippen molar-refractivity contribution in [2.45, 2.75) is 26.7 Å². The molecule has 68 valence electrons. The Morgan fingerprint density at radius 1 is 1.38 bits per heavy atom. The van der Waals surface area contributed by atoms with Gasteiger partial charge in [-0.05, 0) is 5.41 Å². The molecule has 1 aromatic heterocycles. The van der Waals surface area contributed by atoms with Gasteiger partial charge < -0.3 is 0 Å². The molecule has 3 nitrogen and oxygen atoms in total. The molecule has 13 heavy (non-hydrogen) atoms. The van der Waals surface area contributed by atoms with Crippen LogP contribution in [0.5, 0.6) is 0 Å². The zero-order chi connectivity index (χ0) is 9.90. The van der Waals surface area contributed by atoms with E-state index in [1.165, 1.54) is 0 Å². The fraction of sp³-hybridized carbons (Fsp3) is 0.500. The Bertz CT molecular complexity index is 305. The summed E-state index contributed by atoms with van der Waals surface area (Å²) in [5.41, 5.74) is 0.655. The highest BCUT2D eigenvalue weighted by atomic mass is 14.8. The van der Waals surface area contributed by atoms with E-state index in [-0.39, 0.29) is 11.3 Å². The van der Waals surface area contributed by atoms with Gasteiger partial charge in [0.05, 0.1) is 17.7 Å². The number of aromatic nitrogens is 2. The zero-order valence-electron chi connectivity index (χ0n) is 8.15. The summed E-state index contributed by atoms with van der Waals surface area (Å²) in [6, 6.07) is 2.26. The molecular formula is C10H13N3. The predicted octanol–water partition coefficient (Wildman–Crippen LogP) is 2.13. The van der Waals surface area contributed by atoms with E-state index in [4.69, 9.17) is 5.26 Å². The maximum absolute atomic E-state index is 9.00. The molecule has 0 aliphatic rings. The van der Waals surface area contributed by atoms with E-state index >= 15 is 0 Å². The SMILES string of the molecule is CC(C)(C)C(C#N)c1cnccn1. The fourth-order valence-corrected chi connectivity index (χ4v) is 1.16. The first-order valence-corrected chi connectivity index (χ1v) is 4.21. The Morgan fingerprint density at radius 2 is 2.08 bits per heavy atom. The highest BCUT2D eigenvalue weighted by molar-refractivity contribution is 5.16. The molecule has 3 heteroatoms. The summed E-state index contributed by atoms with van der Waals surface area (Å²) in [7, 11) is 0. The van der Waals surface area contributed by atoms with Crippen molar-refractivity contribution in [3.8, 4) is 6.07 Å². The highest BCUT2D eigenvalue weighted by Crippen LogP contribution is 2.32. The van der Waals surface area contributed by atoms with Crippen LogP contribution in [0.4, 0.5) is 0 Å². The van der Waals surface area contributed by atoms with E-state index in [1.807, 2.05) is 20.8 Å². The molecule has 1 unspecified atom stereocenters. The summed E-state index contributed by atoms with van der Waals surface area (Å²) < 4.78 is 0. The lowest BCUT2D eigenvalue weighted by molar-refractivity contribution is 0.367. The summed E-state index contributed by atoms with van der Waals surface area (Å²) in [5.74, 6) is -0.193. The van der Waals surface area contributed by atoms with Gasteiger partial charge in [-0.1, -0.05) is 20.8 Å². The van der Waals surface area contributed by atoms with Crippen molar-refractivity contribution in [1.82, 2.24) is 9.97 Å². The Balaban J connectivity index is 3.01. The summed E-state index contributed by atoms with van der Waals surface area (Å²) in [6.07, 6.45) is 4.88. The number of hydrogen-bond acceptors (Lipinski definition) is 3. The standard InChI is InChI=1S/C10H13N3/c1-10(2,3)8(6-11)9-7-12-4-5-13-9/h4-5,7-8H,1-3H3. The molecule has 0 saturated carbocycles. The molecule has 1 rings (SSSR count). The lowest BCUT2D eigenvalue weighted by Crippen LogP contribution is -2.17. The van der Waals surface area contributed by atoms with Gasteiger partial charge in [0.25, 0.3) is 0 Å². The van der Waals surface area contributed by atoms with Crippen LogP contribution in [0, 0.1) is 16.7 Å². The van der Waals surface area contributed by atoms with Crippen LogP contribution < -0.4 is 0 Å². The number of rotatable bonds is 1. The van der Waals surface area contributed by atoms with Gasteiger partial charge >= 0.3 is 0 Å². The minimum atomic E-state index is -0.193.